The number of carbonyl (C=O) groups excluding carboxylic acids is 1. The van der Waals surface area contributed by atoms with Crippen molar-refractivity contribution in [3.63, 3.8) is 0 Å². The van der Waals surface area contributed by atoms with Crippen LogP contribution < -0.4 is 5.32 Å². The van der Waals surface area contributed by atoms with Gasteiger partial charge in [-0.3, -0.25) is 4.79 Å². The molecule has 0 unspecified atom stereocenters. The summed E-state index contributed by atoms with van der Waals surface area (Å²) in [6.45, 7) is 0. The van der Waals surface area contributed by atoms with Crippen LogP contribution in [0.25, 0.3) is 28.2 Å². The fourth-order valence-electron chi connectivity index (χ4n) is 2.81. The van der Waals surface area contributed by atoms with Gasteiger partial charge in [0, 0.05) is 35.1 Å². The van der Waals surface area contributed by atoms with Crippen molar-refractivity contribution < 1.29 is 9.18 Å². The first-order valence-electron chi connectivity index (χ1n) is 8.46. The summed E-state index contributed by atoms with van der Waals surface area (Å²) in [5.41, 5.74) is 4.33. The maximum absolute atomic E-state index is 12.9. The molecule has 2 aromatic heterocycles. The Labute approximate surface area is 155 Å². The molecule has 5 heteroatoms. The Morgan fingerprint density at radius 3 is 2.74 bits per heavy atom. The highest BCUT2D eigenvalue weighted by atomic mass is 19.1. The second kappa shape index (κ2) is 7.25. The molecule has 2 heterocycles. The SMILES string of the molecule is O=C(C=Cc1cccc(-c2cnc3[nH]ccc3c2)c1)Nc1ccc(F)cc1. The Kier molecular flexibility index (Phi) is 4.49. The molecule has 4 aromatic rings. The van der Waals surface area contributed by atoms with Gasteiger partial charge >= 0.3 is 0 Å². The number of amides is 1. The summed E-state index contributed by atoms with van der Waals surface area (Å²) in [4.78, 5) is 19.5. The molecule has 0 fully saturated rings. The largest absolute Gasteiger partial charge is 0.346 e. The van der Waals surface area contributed by atoms with Crippen molar-refractivity contribution in [3.05, 3.63) is 90.5 Å². The van der Waals surface area contributed by atoms with Gasteiger partial charge in [0.1, 0.15) is 11.5 Å². The first kappa shape index (κ1) is 16.7. The first-order chi connectivity index (χ1) is 13.2. The maximum Gasteiger partial charge on any atom is 0.248 e. The third kappa shape index (κ3) is 3.93. The van der Waals surface area contributed by atoms with Gasteiger partial charge in [-0.2, -0.15) is 0 Å². The Balaban J connectivity index is 1.50. The van der Waals surface area contributed by atoms with Crippen LogP contribution in [-0.4, -0.2) is 15.9 Å². The number of carbonyl (C=O) groups is 1. The minimum Gasteiger partial charge on any atom is -0.346 e. The van der Waals surface area contributed by atoms with Crippen molar-refractivity contribution >= 4 is 28.7 Å². The number of fused-ring (bicyclic) bond motifs is 1. The molecule has 0 aliphatic rings. The van der Waals surface area contributed by atoms with Crippen molar-refractivity contribution in [2.75, 3.05) is 5.32 Å². The molecule has 2 aromatic carbocycles. The number of rotatable bonds is 4. The molecule has 0 saturated carbocycles. The second-order valence-corrected chi connectivity index (χ2v) is 6.09. The maximum atomic E-state index is 12.9. The van der Waals surface area contributed by atoms with E-state index < -0.39 is 0 Å². The Bertz CT molecular complexity index is 1130. The van der Waals surface area contributed by atoms with Gasteiger partial charge in [0.25, 0.3) is 0 Å². The zero-order valence-corrected chi connectivity index (χ0v) is 14.3. The molecule has 0 atom stereocenters. The van der Waals surface area contributed by atoms with Gasteiger partial charge in [0.05, 0.1) is 0 Å². The number of nitrogens with zero attached hydrogens (tertiary/aromatic N) is 1. The van der Waals surface area contributed by atoms with E-state index in [1.165, 1.54) is 30.3 Å². The van der Waals surface area contributed by atoms with Gasteiger partial charge < -0.3 is 10.3 Å². The van der Waals surface area contributed by atoms with Gasteiger partial charge in [-0.15, -0.1) is 0 Å². The van der Waals surface area contributed by atoms with E-state index in [1.807, 2.05) is 42.7 Å². The average Bonchev–Trinajstić information content (AvgIpc) is 3.16. The molecule has 0 aliphatic carbocycles. The van der Waals surface area contributed by atoms with Gasteiger partial charge in [0.2, 0.25) is 5.91 Å². The second-order valence-electron chi connectivity index (χ2n) is 6.09. The van der Waals surface area contributed by atoms with E-state index in [9.17, 15) is 9.18 Å². The Hall–Kier alpha value is -3.73. The van der Waals surface area contributed by atoms with Crippen molar-refractivity contribution in [2.45, 2.75) is 0 Å². The van der Waals surface area contributed by atoms with Gasteiger partial charge in [-0.25, -0.2) is 9.37 Å². The number of hydrogen-bond donors (Lipinski definition) is 2. The average molecular weight is 357 g/mol. The summed E-state index contributed by atoms with van der Waals surface area (Å²) in [6, 6.07) is 17.6. The predicted molar refractivity (Wildman–Crippen MR) is 106 cm³/mol. The predicted octanol–water partition coefficient (Wildman–Crippen LogP) is 5.02. The van der Waals surface area contributed by atoms with Crippen molar-refractivity contribution in [2.24, 2.45) is 0 Å². The highest BCUT2D eigenvalue weighted by Crippen LogP contribution is 2.23. The molecule has 132 valence electrons. The summed E-state index contributed by atoms with van der Waals surface area (Å²) < 4.78 is 12.9. The standard InChI is InChI=1S/C22H16FN3O/c23-19-5-7-20(8-6-19)26-21(27)9-4-15-2-1-3-16(12-15)18-13-17-10-11-24-22(17)25-14-18/h1-14H,(H,24,25)(H,26,27). The van der Waals surface area contributed by atoms with Gasteiger partial charge in [0.15, 0.2) is 0 Å². The molecule has 4 nitrogen and oxygen atoms in total. The summed E-state index contributed by atoms with van der Waals surface area (Å²) >= 11 is 0. The van der Waals surface area contributed by atoms with Crippen LogP contribution in [0.3, 0.4) is 0 Å². The zero-order valence-electron chi connectivity index (χ0n) is 14.3. The van der Waals surface area contributed by atoms with Crippen molar-refractivity contribution in [1.82, 2.24) is 9.97 Å². The van der Waals surface area contributed by atoms with Crippen LogP contribution in [0.1, 0.15) is 5.56 Å². The van der Waals surface area contributed by atoms with Crippen LogP contribution >= 0.6 is 0 Å². The van der Waals surface area contributed by atoms with Crippen LogP contribution in [0, 0.1) is 5.82 Å². The lowest BCUT2D eigenvalue weighted by molar-refractivity contribution is -0.111. The molecule has 0 radical (unpaired) electrons. The van der Waals surface area contributed by atoms with Crippen molar-refractivity contribution in [1.29, 1.82) is 0 Å². The molecule has 0 spiro atoms. The van der Waals surface area contributed by atoms with E-state index >= 15 is 0 Å². The number of pyridine rings is 1. The molecule has 0 bridgehead atoms. The van der Waals surface area contributed by atoms with Crippen LogP contribution in [0.2, 0.25) is 0 Å². The van der Waals surface area contributed by atoms with Crippen molar-refractivity contribution in [3.8, 4) is 11.1 Å². The van der Waals surface area contributed by atoms with Gasteiger partial charge in [-0.1, -0.05) is 18.2 Å². The number of benzene rings is 2. The smallest absolute Gasteiger partial charge is 0.248 e. The lowest BCUT2D eigenvalue weighted by Crippen LogP contribution is -2.07. The summed E-state index contributed by atoms with van der Waals surface area (Å²) in [5, 5.41) is 3.75. The minimum absolute atomic E-state index is 0.276. The van der Waals surface area contributed by atoms with Crippen LogP contribution in [0.15, 0.2) is 79.1 Å². The molecule has 4 rings (SSSR count). The Morgan fingerprint density at radius 1 is 1.04 bits per heavy atom. The van der Waals surface area contributed by atoms with Crippen LogP contribution in [0.5, 0.6) is 0 Å². The molecule has 2 N–H and O–H groups in total. The number of anilines is 1. The lowest BCUT2D eigenvalue weighted by atomic mass is 10.0. The third-order valence-corrected chi connectivity index (χ3v) is 4.16. The van der Waals surface area contributed by atoms with E-state index in [-0.39, 0.29) is 11.7 Å². The van der Waals surface area contributed by atoms with E-state index in [0.717, 1.165) is 27.7 Å². The number of aromatic nitrogens is 2. The van der Waals surface area contributed by atoms with E-state index in [4.69, 9.17) is 0 Å². The molecule has 27 heavy (non-hydrogen) atoms. The summed E-state index contributed by atoms with van der Waals surface area (Å²) in [7, 11) is 0. The summed E-state index contributed by atoms with van der Waals surface area (Å²) in [6.07, 6.45) is 6.88. The zero-order chi connectivity index (χ0) is 18.6. The monoisotopic (exact) mass is 357 g/mol. The fraction of sp³-hybridized carbons (Fsp3) is 0. The molecule has 1 amide bonds. The summed E-state index contributed by atoms with van der Waals surface area (Å²) in [5.74, 6) is -0.616. The van der Waals surface area contributed by atoms with Crippen LogP contribution in [-0.2, 0) is 4.79 Å². The number of halogens is 1. The molecule has 0 saturated heterocycles. The Morgan fingerprint density at radius 2 is 1.89 bits per heavy atom. The molecule has 0 aliphatic heterocycles. The quantitative estimate of drug-likeness (QED) is 0.504. The molecular formula is C22H16FN3O. The number of aromatic amines is 1. The van der Waals surface area contributed by atoms with E-state index in [0.29, 0.717) is 5.69 Å². The highest BCUT2D eigenvalue weighted by Gasteiger charge is 2.03. The normalized spacial score (nSPS) is 11.1. The lowest BCUT2D eigenvalue weighted by Gasteiger charge is -2.04. The molecular weight excluding hydrogens is 341 g/mol. The fourth-order valence-corrected chi connectivity index (χ4v) is 2.81. The number of hydrogen-bond acceptors (Lipinski definition) is 2. The first-order valence-corrected chi connectivity index (χ1v) is 8.46. The topological polar surface area (TPSA) is 57.8 Å². The minimum atomic E-state index is -0.340. The number of nitrogens with one attached hydrogen (secondary N) is 2. The van der Waals surface area contributed by atoms with E-state index in [1.54, 1.807) is 6.08 Å². The van der Waals surface area contributed by atoms with Gasteiger partial charge in [-0.05, 0) is 59.7 Å². The van der Waals surface area contributed by atoms with Crippen LogP contribution in [0.4, 0.5) is 10.1 Å². The highest BCUT2D eigenvalue weighted by molar-refractivity contribution is 6.02. The van der Waals surface area contributed by atoms with E-state index in [2.05, 4.69) is 21.4 Å². The number of H-pyrrole nitrogens is 1. The third-order valence-electron chi connectivity index (χ3n) is 4.16.